The van der Waals surface area contributed by atoms with Gasteiger partial charge in [0.2, 0.25) is 6.41 Å². The van der Waals surface area contributed by atoms with Crippen LogP contribution in [0.3, 0.4) is 0 Å². The van der Waals surface area contributed by atoms with Gasteiger partial charge < -0.3 is 19.3 Å². The monoisotopic (exact) mass is 501 g/mol. The van der Waals surface area contributed by atoms with E-state index in [1.165, 1.54) is 20.3 Å². The van der Waals surface area contributed by atoms with Gasteiger partial charge in [-0.3, -0.25) is 5.32 Å². The molecule has 9 heteroatoms. The first-order valence-electron chi connectivity index (χ1n) is 11.2. The molecule has 0 saturated carbocycles. The molecule has 1 aliphatic rings. The van der Waals surface area contributed by atoms with E-state index in [2.05, 4.69) is 5.32 Å². The largest absolute Gasteiger partial charge is 0.496 e. The Morgan fingerprint density at radius 1 is 1.00 bits per heavy atom. The summed E-state index contributed by atoms with van der Waals surface area (Å²) in [7, 11) is 2.80. The van der Waals surface area contributed by atoms with Crippen LogP contribution in [0.15, 0.2) is 54.6 Å². The highest BCUT2D eigenvalue weighted by Crippen LogP contribution is 2.43. The van der Waals surface area contributed by atoms with E-state index in [4.69, 9.17) is 14.2 Å². The van der Waals surface area contributed by atoms with E-state index in [1.54, 1.807) is 31.2 Å². The number of benzene rings is 3. The Kier molecular flexibility index (Phi) is 7.08. The maximum Gasteiger partial charge on any atom is 0.416 e. The van der Waals surface area contributed by atoms with Crippen molar-refractivity contribution in [2.45, 2.75) is 38.6 Å². The van der Waals surface area contributed by atoms with Crippen LogP contribution in [0.5, 0.6) is 5.75 Å². The van der Waals surface area contributed by atoms with E-state index in [0.717, 1.165) is 28.8 Å². The number of methoxy groups -OCH3 is 2. The van der Waals surface area contributed by atoms with Crippen molar-refractivity contribution in [1.29, 1.82) is 0 Å². The summed E-state index contributed by atoms with van der Waals surface area (Å²) < 4.78 is 56.7. The SMILES string of the molecule is COC(=O)c1ccc(-c2ccc(OC)c(-c3ccc(C(F)(F)F)cc3C3OC(O)N[C@@H]3C)c2)c(C)c1. The van der Waals surface area contributed by atoms with E-state index in [-0.39, 0.29) is 5.56 Å². The fourth-order valence-electron chi connectivity index (χ4n) is 4.49. The van der Waals surface area contributed by atoms with Crippen molar-refractivity contribution in [3.05, 3.63) is 76.9 Å². The third kappa shape index (κ3) is 4.95. The lowest BCUT2D eigenvalue weighted by molar-refractivity contribution is -0.137. The number of aliphatic hydroxyl groups excluding tert-OH is 1. The summed E-state index contributed by atoms with van der Waals surface area (Å²) in [6, 6.07) is 13.6. The highest BCUT2D eigenvalue weighted by molar-refractivity contribution is 5.91. The molecule has 0 radical (unpaired) electrons. The molecule has 1 fully saturated rings. The maximum absolute atomic E-state index is 13.6. The molecule has 3 aromatic rings. The fraction of sp³-hybridized carbons (Fsp3) is 0.296. The van der Waals surface area contributed by atoms with E-state index < -0.39 is 36.3 Å². The smallest absolute Gasteiger partial charge is 0.416 e. The second-order valence-electron chi connectivity index (χ2n) is 8.60. The predicted molar refractivity (Wildman–Crippen MR) is 127 cm³/mol. The summed E-state index contributed by atoms with van der Waals surface area (Å²) >= 11 is 0. The molecule has 6 nitrogen and oxygen atoms in total. The number of hydrogen-bond acceptors (Lipinski definition) is 6. The number of nitrogens with one attached hydrogen (secondary N) is 1. The molecule has 0 bridgehead atoms. The average molecular weight is 502 g/mol. The van der Waals surface area contributed by atoms with Gasteiger partial charge in [0.1, 0.15) is 11.9 Å². The average Bonchev–Trinajstić information content (AvgIpc) is 3.19. The third-order valence-electron chi connectivity index (χ3n) is 6.27. The number of esters is 1. The van der Waals surface area contributed by atoms with E-state index in [9.17, 15) is 23.1 Å². The molecule has 3 aromatic carbocycles. The lowest BCUT2D eigenvalue weighted by Gasteiger charge is -2.22. The van der Waals surface area contributed by atoms with Crippen molar-refractivity contribution in [3.8, 4) is 28.0 Å². The highest BCUT2D eigenvalue weighted by Gasteiger charge is 2.37. The highest BCUT2D eigenvalue weighted by atomic mass is 19.4. The van der Waals surface area contributed by atoms with E-state index >= 15 is 0 Å². The summed E-state index contributed by atoms with van der Waals surface area (Å²) in [4.78, 5) is 11.9. The normalized spacial score (nSPS) is 19.8. The Labute approximate surface area is 206 Å². The van der Waals surface area contributed by atoms with Crippen LogP contribution in [-0.2, 0) is 15.7 Å². The lowest BCUT2D eigenvalue weighted by atomic mass is 9.89. The Morgan fingerprint density at radius 2 is 1.72 bits per heavy atom. The van der Waals surface area contributed by atoms with Gasteiger partial charge >= 0.3 is 12.1 Å². The summed E-state index contributed by atoms with van der Waals surface area (Å²) in [5.41, 5.74) is 3.35. The van der Waals surface area contributed by atoms with Crippen molar-refractivity contribution in [1.82, 2.24) is 5.32 Å². The molecule has 1 saturated heterocycles. The number of rotatable bonds is 5. The van der Waals surface area contributed by atoms with Gasteiger partial charge in [0.05, 0.1) is 25.3 Å². The standard InChI is InChI=1S/C27H26F3NO5/c1-14-11-17(25(32)35-4)5-8-19(14)16-6-10-23(34-3)21(12-16)20-9-7-18(27(28,29)30)13-22(20)24-15(2)31-26(33)36-24/h5-13,15,24,26,31,33H,1-4H3/t15-,24?,26?/m1/s1. The van der Waals surface area contributed by atoms with Gasteiger partial charge in [-0.05, 0) is 78.1 Å². The third-order valence-corrected chi connectivity index (χ3v) is 6.27. The van der Waals surface area contributed by atoms with E-state index in [0.29, 0.717) is 22.4 Å². The Balaban J connectivity index is 1.88. The fourth-order valence-corrected chi connectivity index (χ4v) is 4.49. The number of halogens is 3. The Bertz CT molecular complexity index is 1290. The van der Waals surface area contributed by atoms with Gasteiger partial charge in [0.15, 0.2) is 0 Å². The first-order valence-corrected chi connectivity index (χ1v) is 11.2. The maximum atomic E-state index is 13.6. The number of aliphatic hydroxyl groups is 1. The second kappa shape index (κ2) is 9.93. The molecule has 0 aliphatic carbocycles. The van der Waals surface area contributed by atoms with Gasteiger partial charge in [-0.25, -0.2) is 4.79 Å². The number of ether oxygens (including phenoxy) is 3. The summed E-state index contributed by atoms with van der Waals surface area (Å²) in [5, 5.41) is 12.7. The first kappa shape index (κ1) is 25.7. The zero-order valence-corrected chi connectivity index (χ0v) is 20.1. The van der Waals surface area contributed by atoms with Crippen LogP contribution < -0.4 is 10.1 Å². The van der Waals surface area contributed by atoms with Crippen LogP contribution in [-0.4, -0.2) is 37.8 Å². The van der Waals surface area contributed by atoms with Crippen LogP contribution in [0.1, 0.15) is 40.1 Å². The summed E-state index contributed by atoms with van der Waals surface area (Å²) in [6.45, 7) is 3.58. The number of aryl methyl sites for hydroxylation is 1. The minimum atomic E-state index is -4.55. The Morgan fingerprint density at radius 3 is 2.31 bits per heavy atom. The van der Waals surface area contributed by atoms with Crippen molar-refractivity contribution < 1.29 is 37.3 Å². The quantitative estimate of drug-likeness (QED) is 0.452. The van der Waals surface area contributed by atoms with Crippen LogP contribution >= 0.6 is 0 Å². The number of carbonyl (C=O) groups excluding carboxylic acids is 1. The van der Waals surface area contributed by atoms with Crippen molar-refractivity contribution >= 4 is 5.97 Å². The van der Waals surface area contributed by atoms with Crippen LogP contribution in [0, 0.1) is 6.92 Å². The molecule has 0 amide bonds. The Hall–Kier alpha value is -3.40. The van der Waals surface area contributed by atoms with Crippen molar-refractivity contribution in [2.24, 2.45) is 0 Å². The van der Waals surface area contributed by atoms with Gasteiger partial charge in [0, 0.05) is 11.6 Å². The van der Waals surface area contributed by atoms with Crippen LogP contribution in [0.25, 0.3) is 22.3 Å². The topological polar surface area (TPSA) is 77.0 Å². The molecule has 1 aliphatic heterocycles. The predicted octanol–water partition coefficient (Wildman–Crippen LogP) is 5.47. The van der Waals surface area contributed by atoms with Crippen LogP contribution in [0.4, 0.5) is 13.2 Å². The van der Waals surface area contributed by atoms with Gasteiger partial charge in [-0.15, -0.1) is 0 Å². The number of hydrogen-bond donors (Lipinski definition) is 2. The van der Waals surface area contributed by atoms with Gasteiger partial charge in [0.25, 0.3) is 0 Å². The minimum absolute atomic E-state index is 0.273. The molecule has 1 heterocycles. The molecule has 190 valence electrons. The molecule has 0 spiro atoms. The zero-order chi connectivity index (χ0) is 26.2. The van der Waals surface area contributed by atoms with Gasteiger partial charge in [-0.2, -0.15) is 13.2 Å². The minimum Gasteiger partial charge on any atom is -0.496 e. The van der Waals surface area contributed by atoms with Gasteiger partial charge in [-0.1, -0.05) is 18.2 Å². The first-order chi connectivity index (χ1) is 17.0. The summed E-state index contributed by atoms with van der Waals surface area (Å²) in [6.07, 6.45) is -6.67. The second-order valence-corrected chi connectivity index (χ2v) is 8.60. The molecule has 0 aromatic heterocycles. The number of carbonyl (C=O) groups is 1. The molecule has 2 unspecified atom stereocenters. The molecule has 2 N–H and O–H groups in total. The molecular weight excluding hydrogens is 475 g/mol. The zero-order valence-electron chi connectivity index (χ0n) is 20.1. The molecule has 3 atom stereocenters. The summed E-state index contributed by atoms with van der Waals surface area (Å²) in [5.74, 6) is 0.0127. The molecular formula is C27H26F3NO5. The van der Waals surface area contributed by atoms with Crippen molar-refractivity contribution in [2.75, 3.05) is 14.2 Å². The molecule has 4 rings (SSSR count). The number of alkyl halides is 3. The lowest BCUT2D eigenvalue weighted by Crippen LogP contribution is -2.28. The van der Waals surface area contributed by atoms with Crippen molar-refractivity contribution in [3.63, 3.8) is 0 Å². The van der Waals surface area contributed by atoms with E-state index in [1.807, 2.05) is 19.1 Å². The molecule has 36 heavy (non-hydrogen) atoms. The van der Waals surface area contributed by atoms with Crippen LogP contribution in [0.2, 0.25) is 0 Å².